The molecule has 1 atom stereocenters. The molecule has 0 amide bonds. The van der Waals surface area contributed by atoms with Crippen LogP contribution in [-0.2, 0) is 4.74 Å². The fourth-order valence-corrected chi connectivity index (χ4v) is 2.88. The Balaban J connectivity index is 2.62. The van der Waals surface area contributed by atoms with Crippen molar-refractivity contribution in [2.45, 2.75) is 52.0 Å². The van der Waals surface area contributed by atoms with Crippen LogP contribution in [0.25, 0.3) is 0 Å². The molecule has 108 valence electrons. The van der Waals surface area contributed by atoms with Gasteiger partial charge < -0.3 is 10.5 Å². The maximum Gasteiger partial charge on any atom is 0.0589 e. The number of hydrogen-bond donors (Lipinski definition) is 1. The second-order valence-electron chi connectivity index (χ2n) is 6.53. The molecule has 3 nitrogen and oxygen atoms in total. The predicted molar refractivity (Wildman–Crippen MR) is 77.7 cm³/mol. The molecule has 0 aliphatic heterocycles. The van der Waals surface area contributed by atoms with Gasteiger partial charge in [-0.3, -0.25) is 4.90 Å². The van der Waals surface area contributed by atoms with E-state index in [0.717, 1.165) is 32.2 Å². The number of rotatable bonds is 9. The van der Waals surface area contributed by atoms with Crippen LogP contribution in [0, 0.1) is 11.8 Å². The van der Waals surface area contributed by atoms with Crippen molar-refractivity contribution in [3.63, 3.8) is 0 Å². The SMILES string of the molecule is COCCN(CC(C)C)C(C)(CN)CC1CCC1. The van der Waals surface area contributed by atoms with E-state index >= 15 is 0 Å². The fourth-order valence-electron chi connectivity index (χ4n) is 2.88. The lowest BCUT2D eigenvalue weighted by Crippen LogP contribution is -2.55. The van der Waals surface area contributed by atoms with Crippen molar-refractivity contribution in [3.05, 3.63) is 0 Å². The number of ether oxygens (including phenoxy) is 1. The Kier molecular flexibility index (Phi) is 6.61. The van der Waals surface area contributed by atoms with Gasteiger partial charge in [-0.1, -0.05) is 33.1 Å². The van der Waals surface area contributed by atoms with Gasteiger partial charge in [0.05, 0.1) is 6.61 Å². The zero-order valence-electron chi connectivity index (χ0n) is 12.7. The van der Waals surface area contributed by atoms with Crippen molar-refractivity contribution in [1.29, 1.82) is 0 Å². The minimum atomic E-state index is 0.147. The molecule has 1 aliphatic carbocycles. The predicted octanol–water partition coefficient (Wildman–Crippen LogP) is 2.50. The van der Waals surface area contributed by atoms with Crippen LogP contribution in [0.5, 0.6) is 0 Å². The minimum Gasteiger partial charge on any atom is -0.383 e. The van der Waals surface area contributed by atoms with Crippen LogP contribution in [0.1, 0.15) is 46.5 Å². The highest BCUT2D eigenvalue weighted by Gasteiger charge is 2.35. The molecule has 0 spiro atoms. The van der Waals surface area contributed by atoms with Gasteiger partial charge in [0.15, 0.2) is 0 Å². The normalized spacial score (nSPS) is 20.2. The van der Waals surface area contributed by atoms with Crippen molar-refractivity contribution >= 4 is 0 Å². The smallest absolute Gasteiger partial charge is 0.0589 e. The van der Waals surface area contributed by atoms with Crippen LogP contribution in [0.15, 0.2) is 0 Å². The first kappa shape index (κ1) is 15.9. The van der Waals surface area contributed by atoms with E-state index in [1.807, 2.05) is 0 Å². The molecule has 0 aromatic heterocycles. The summed E-state index contributed by atoms with van der Waals surface area (Å²) in [5, 5.41) is 0. The molecule has 0 radical (unpaired) electrons. The van der Waals surface area contributed by atoms with Gasteiger partial charge in [-0.2, -0.15) is 0 Å². The Labute approximate surface area is 113 Å². The largest absolute Gasteiger partial charge is 0.383 e. The summed E-state index contributed by atoms with van der Waals surface area (Å²) in [7, 11) is 1.78. The monoisotopic (exact) mass is 256 g/mol. The van der Waals surface area contributed by atoms with E-state index in [0.29, 0.717) is 5.92 Å². The molecule has 1 saturated carbocycles. The summed E-state index contributed by atoms with van der Waals surface area (Å²) < 4.78 is 5.26. The number of hydrogen-bond acceptors (Lipinski definition) is 3. The second-order valence-corrected chi connectivity index (χ2v) is 6.53. The molecule has 2 N–H and O–H groups in total. The van der Waals surface area contributed by atoms with Crippen LogP contribution in [0.2, 0.25) is 0 Å². The molecule has 0 bridgehead atoms. The van der Waals surface area contributed by atoms with Gasteiger partial charge in [0.25, 0.3) is 0 Å². The highest BCUT2D eigenvalue weighted by molar-refractivity contribution is 4.91. The van der Waals surface area contributed by atoms with Crippen LogP contribution in [-0.4, -0.2) is 43.8 Å². The Morgan fingerprint density at radius 2 is 2.06 bits per heavy atom. The fraction of sp³-hybridized carbons (Fsp3) is 1.00. The number of methoxy groups -OCH3 is 1. The Morgan fingerprint density at radius 3 is 2.44 bits per heavy atom. The highest BCUT2D eigenvalue weighted by Crippen LogP contribution is 2.35. The third kappa shape index (κ3) is 4.52. The van der Waals surface area contributed by atoms with Crippen molar-refractivity contribution < 1.29 is 4.74 Å². The molecule has 18 heavy (non-hydrogen) atoms. The lowest BCUT2D eigenvalue weighted by Gasteiger charge is -2.45. The molecule has 0 aromatic rings. The molecular formula is C15H32N2O. The van der Waals surface area contributed by atoms with E-state index < -0.39 is 0 Å². The average Bonchev–Trinajstić information content (AvgIpc) is 2.28. The maximum absolute atomic E-state index is 6.10. The summed E-state index contributed by atoms with van der Waals surface area (Å²) in [6.45, 7) is 10.6. The standard InChI is InChI=1S/C15H32N2O/c1-13(2)11-17(8-9-18-4)15(3,12-16)10-14-6-5-7-14/h13-14H,5-12,16H2,1-4H3. The Hall–Kier alpha value is -0.120. The van der Waals surface area contributed by atoms with Crippen LogP contribution in [0.3, 0.4) is 0 Å². The summed E-state index contributed by atoms with van der Waals surface area (Å²) in [5.74, 6) is 1.57. The lowest BCUT2D eigenvalue weighted by atomic mass is 9.75. The molecule has 0 aromatic carbocycles. The quantitative estimate of drug-likeness (QED) is 0.689. The van der Waals surface area contributed by atoms with E-state index in [9.17, 15) is 0 Å². The highest BCUT2D eigenvalue weighted by atomic mass is 16.5. The first-order chi connectivity index (χ1) is 8.51. The van der Waals surface area contributed by atoms with E-state index in [2.05, 4.69) is 25.7 Å². The van der Waals surface area contributed by atoms with E-state index in [4.69, 9.17) is 10.5 Å². The van der Waals surface area contributed by atoms with Crippen molar-refractivity contribution in [2.75, 3.05) is 33.4 Å². The molecule has 1 unspecified atom stereocenters. The summed E-state index contributed by atoms with van der Waals surface area (Å²) in [4.78, 5) is 2.56. The molecule has 3 heteroatoms. The molecule has 1 fully saturated rings. The van der Waals surface area contributed by atoms with Gasteiger partial charge in [0.2, 0.25) is 0 Å². The maximum atomic E-state index is 6.10. The lowest BCUT2D eigenvalue weighted by molar-refractivity contribution is 0.0349. The topological polar surface area (TPSA) is 38.5 Å². The van der Waals surface area contributed by atoms with Crippen LogP contribution >= 0.6 is 0 Å². The van der Waals surface area contributed by atoms with Crippen molar-refractivity contribution in [1.82, 2.24) is 4.90 Å². The zero-order chi connectivity index (χ0) is 13.6. The second kappa shape index (κ2) is 7.46. The van der Waals surface area contributed by atoms with Gasteiger partial charge in [-0.05, 0) is 25.2 Å². The first-order valence-electron chi connectivity index (χ1n) is 7.46. The van der Waals surface area contributed by atoms with Gasteiger partial charge in [0.1, 0.15) is 0 Å². The molecular weight excluding hydrogens is 224 g/mol. The van der Waals surface area contributed by atoms with Gasteiger partial charge in [-0.25, -0.2) is 0 Å². The molecule has 1 aliphatic rings. The zero-order valence-corrected chi connectivity index (χ0v) is 12.7. The number of nitrogens with zero attached hydrogens (tertiary/aromatic N) is 1. The summed E-state index contributed by atoms with van der Waals surface area (Å²) in [6, 6.07) is 0. The molecule has 0 heterocycles. The van der Waals surface area contributed by atoms with Gasteiger partial charge in [-0.15, -0.1) is 0 Å². The molecule has 1 rings (SSSR count). The Morgan fingerprint density at radius 1 is 1.39 bits per heavy atom. The van der Waals surface area contributed by atoms with Crippen LogP contribution < -0.4 is 5.73 Å². The third-order valence-electron chi connectivity index (χ3n) is 4.31. The van der Waals surface area contributed by atoms with Crippen molar-refractivity contribution in [2.24, 2.45) is 17.6 Å². The summed E-state index contributed by atoms with van der Waals surface area (Å²) in [5.41, 5.74) is 6.25. The summed E-state index contributed by atoms with van der Waals surface area (Å²) in [6.07, 6.45) is 5.46. The van der Waals surface area contributed by atoms with Gasteiger partial charge in [0, 0.05) is 32.3 Å². The average molecular weight is 256 g/mol. The number of nitrogens with two attached hydrogens (primary N) is 1. The first-order valence-corrected chi connectivity index (χ1v) is 7.46. The van der Waals surface area contributed by atoms with E-state index in [1.54, 1.807) is 7.11 Å². The Bertz CT molecular complexity index is 229. The third-order valence-corrected chi connectivity index (χ3v) is 4.31. The van der Waals surface area contributed by atoms with Crippen LogP contribution in [0.4, 0.5) is 0 Å². The summed E-state index contributed by atoms with van der Waals surface area (Å²) >= 11 is 0. The van der Waals surface area contributed by atoms with E-state index in [1.165, 1.54) is 25.7 Å². The molecule has 0 saturated heterocycles. The minimum absolute atomic E-state index is 0.147. The van der Waals surface area contributed by atoms with E-state index in [-0.39, 0.29) is 5.54 Å². The van der Waals surface area contributed by atoms with Gasteiger partial charge >= 0.3 is 0 Å². The van der Waals surface area contributed by atoms with Crippen molar-refractivity contribution in [3.8, 4) is 0 Å².